The molecule has 1 heterocycles. The number of rotatable bonds is 8. The van der Waals surface area contributed by atoms with Crippen LogP contribution in [0.4, 0.5) is 0 Å². The molecule has 1 aliphatic heterocycles. The number of ether oxygens (including phenoxy) is 2. The van der Waals surface area contributed by atoms with Crippen molar-refractivity contribution in [1.82, 2.24) is 10.0 Å². The Balaban J connectivity index is 1.52. The zero-order valence-electron chi connectivity index (χ0n) is 20.4. The van der Waals surface area contributed by atoms with Crippen LogP contribution < -0.4 is 9.47 Å². The van der Waals surface area contributed by atoms with Crippen molar-refractivity contribution in [3.63, 3.8) is 0 Å². The number of esters is 1. The van der Waals surface area contributed by atoms with E-state index >= 15 is 0 Å². The number of methoxy groups -OCH3 is 1. The van der Waals surface area contributed by atoms with Gasteiger partial charge in [-0.3, -0.25) is 19.2 Å². The van der Waals surface area contributed by atoms with Gasteiger partial charge in [0.25, 0.3) is 5.91 Å². The van der Waals surface area contributed by atoms with E-state index in [2.05, 4.69) is 0 Å². The summed E-state index contributed by atoms with van der Waals surface area (Å²) >= 11 is 5.91. The summed E-state index contributed by atoms with van der Waals surface area (Å²) in [6.45, 7) is -0.554. The minimum absolute atomic E-state index is 0.0810. The van der Waals surface area contributed by atoms with Crippen LogP contribution in [0.3, 0.4) is 0 Å². The zero-order valence-corrected chi connectivity index (χ0v) is 21.1. The monoisotopic (exact) mass is 534 g/mol. The number of imide groups is 1. The SMILES string of the molecule is COc1cccc(C(=O)Oc2ccc(C(=O)CN(C(=O)c3ccc(Cl)cc3)N3C(=O)CCCC3=O)cc2)c1. The van der Waals surface area contributed by atoms with Crippen LogP contribution in [0.15, 0.2) is 72.8 Å². The minimum Gasteiger partial charge on any atom is -0.497 e. The van der Waals surface area contributed by atoms with E-state index in [1.54, 1.807) is 18.2 Å². The van der Waals surface area contributed by atoms with Crippen molar-refractivity contribution in [3.05, 3.63) is 94.5 Å². The molecule has 194 valence electrons. The van der Waals surface area contributed by atoms with Crippen LogP contribution in [0.2, 0.25) is 5.02 Å². The first-order valence-corrected chi connectivity index (χ1v) is 12.1. The lowest BCUT2D eigenvalue weighted by atomic mass is 10.1. The van der Waals surface area contributed by atoms with Crippen molar-refractivity contribution in [3.8, 4) is 11.5 Å². The standard InChI is InChI=1S/C28H23ClN2O7/c1-37-23-5-2-4-20(16-23)28(36)38-22-14-10-18(11-15-22)24(32)17-30(31-25(33)6-3-7-26(31)34)27(35)19-8-12-21(29)13-9-19/h2,4-5,8-16H,3,6-7,17H2,1H3. The maximum atomic E-state index is 13.3. The molecule has 3 aromatic carbocycles. The van der Waals surface area contributed by atoms with Gasteiger partial charge in [-0.15, -0.1) is 0 Å². The summed E-state index contributed by atoms with van der Waals surface area (Å²) in [6, 6.07) is 18.1. The molecule has 9 nitrogen and oxygen atoms in total. The molecule has 1 aliphatic rings. The van der Waals surface area contributed by atoms with Gasteiger partial charge in [0.05, 0.1) is 12.7 Å². The van der Waals surface area contributed by atoms with Crippen LogP contribution in [0.1, 0.15) is 50.3 Å². The van der Waals surface area contributed by atoms with Gasteiger partial charge in [0.1, 0.15) is 18.0 Å². The molecule has 3 amide bonds. The Kier molecular flexibility index (Phi) is 8.18. The fourth-order valence-electron chi connectivity index (χ4n) is 3.84. The molecule has 0 unspecified atom stereocenters. The molecular weight excluding hydrogens is 512 g/mol. The van der Waals surface area contributed by atoms with Gasteiger partial charge in [-0.25, -0.2) is 9.80 Å². The molecule has 1 saturated heterocycles. The lowest BCUT2D eigenvalue weighted by Crippen LogP contribution is -2.56. The molecule has 38 heavy (non-hydrogen) atoms. The highest BCUT2D eigenvalue weighted by atomic mass is 35.5. The van der Waals surface area contributed by atoms with Crippen molar-refractivity contribution in [2.45, 2.75) is 19.3 Å². The number of nitrogens with zero attached hydrogens (tertiary/aromatic N) is 2. The summed E-state index contributed by atoms with van der Waals surface area (Å²) in [4.78, 5) is 64.0. The Hall–Kier alpha value is -4.50. The van der Waals surface area contributed by atoms with Gasteiger partial charge < -0.3 is 9.47 Å². The molecule has 0 radical (unpaired) electrons. The van der Waals surface area contributed by atoms with E-state index in [0.29, 0.717) is 17.2 Å². The van der Waals surface area contributed by atoms with Gasteiger partial charge in [-0.2, -0.15) is 5.01 Å². The molecule has 0 bridgehead atoms. The molecule has 1 fully saturated rings. The lowest BCUT2D eigenvalue weighted by Gasteiger charge is -2.35. The highest BCUT2D eigenvalue weighted by Gasteiger charge is 2.36. The predicted molar refractivity (Wildman–Crippen MR) is 137 cm³/mol. The average Bonchev–Trinajstić information content (AvgIpc) is 2.92. The molecule has 0 atom stereocenters. The largest absolute Gasteiger partial charge is 0.497 e. The number of amides is 3. The maximum absolute atomic E-state index is 13.3. The predicted octanol–water partition coefficient (Wildman–Crippen LogP) is 4.35. The summed E-state index contributed by atoms with van der Waals surface area (Å²) in [5, 5.41) is 2.02. The Morgan fingerprint density at radius 2 is 1.47 bits per heavy atom. The fourth-order valence-corrected chi connectivity index (χ4v) is 3.96. The molecule has 4 rings (SSSR count). The smallest absolute Gasteiger partial charge is 0.343 e. The second-order valence-electron chi connectivity index (χ2n) is 8.39. The topological polar surface area (TPSA) is 110 Å². The molecule has 0 spiro atoms. The average molecular weight is 535 g/mol. The second-order valence-corrected chi connectivity index (χ2v) is 8.83. The maximum Gasteiger partial charge on any atom is 0.343 e. The van der Waals surface area contributed by atoms with Gasteiger partial charge in [0.2, 0.25) is 11.8 Å². The third kappa shape index (κ3) is 6.07. The number of benzene rings is 3. The van der Waals surface area contributed by atoms with Gasteiger partial charge in [-0.05, 0) is 73.2 Å². The van der Waals surface area contributed by atoms with Crippen molar-refractivity contribution in [2.24, 2.45) is 0 Å². The number of hydrogen-bond donors (Lipinski definition) is 0. The Morgan fingerprint density at radius 1 is 0.842 bits per heavy atom. The first kappa shape index (κ1) is 26.6. The summed E-state index contributed by atoms with van der Waals surface area (Å²) in [7, 11) is 1.49. The van der Waals surface area contributed by atoms with E-state index in [-0.39, 0.29) is 35.3 Å². The van der Waals surface area contributed by atoms with Gasteiger partial charge in [0, 0.05) is 29.0 Å². The molecule has 0 aliphatic carbocycles. The summed E-state index contributed by atoms with van der Waals surface area (Å²) in [5.74, 6) is -2.24. The van der Waals surface area contributed by atoms with Crippen LogP contribution in [0, 0.1) is 0 Å². The molecule has 10 heteroatoms. The third-order valence-corrected chi connectivity index (χ3v) is 6.06. The third-order valence-electron chi connectivity index (χ3n) is 5.81. The second kappa shape index (κ2) is 11.7. The van der Waals surface area contributed by atoms with Crippen LogP contribution in [0.25, 0.3) is 0 Å². The van der Waals surface area contributed by atoms with Gasteiger partial charge in [-0.1, -0.05) is 17.7 Å². The number of Topliss-reactive ketones (excluding diaryl/α,β-unsaturated/α-hetero) is 1. The lowest BCUT2D eigenvalue weighted by molar-refractivity contribution is -0.162. The number of carbonyl (C=O) groups excluding carboxylic acids is 5. The number of hydrazine groups is 1. The Labute approximate surface area is 223 Å². The minimum atomic E-state index is -0.692. The number of piperidine rings is 1. The van der Waals surface area contributed by atoms with Crippen molar-refractivity contribution < 1.29 is 33.4 Å². The van der Waals surface area contributed by atoms with Crippen LogP contribution in [0.5, 0.6) is 11.5 Å². The normalized spacial score (nSPS) is 13.2. The summed E-state index contributed by atoms with van der Waals surface area (Å²) in [6.07, 6.45) is 0.538. The molecule has 0 N–H and O–H groups in total. The van der Waals surface area contributed by atoms with Crippen LogP contribution in [-0.4, -0.2) is 53.1 Å². The van der Waals surface area contributed by atoms with E-state index in [0.717, 1.165) is 10.0 Å². The summed E-state index contributed by atoms with van der Waals surface area (Å²) < 4.78 is 10.5. The highest BCUT2D eigenvalue weighted by molar-refractivity contribution is 6.30. The van der Waals surface area contributed by atoms with E-state index < -0.39 is 36.0 Å². The first-order valence-electron chi connectivity index (χ1n) is 11.7. The number of hydrogen-bond acceptors (Lipinski definition) is 7. The van der Waals surface area contributed by atoms with Crippen LogP contribution >= 0.6 is 11.6 Å². The van der Waals surface area contributed by atoms with Crippen LogP contribution in [-0.2, 0) is 9.59 Å². The Morgan fingerprint density at radius 3 is 2.11 bits per heavy atom. The zero-order chi connectivity index (χ0) is 27.2. The quantitative estimate of drug-likeness (QED) is 0.183. The van der Waals surface area contributed by atoms with Crippen molar-refractivity contribution in [1.29, 1.82) is 0 Å². The Bertz CT molecular complexity index is 1370. The van der Waals surface area contributed by atoms with E-state index in [9.17, 15) is 24.0 Å². The summed E-state index contributed by atoms with van der Waals surface area (Å²) in [5.41, 5.74) is 0.641. The van der Waals surface area contributed by atoms with Crippen molar-refractivity contribution >= 4 is 41.1 Å². The molecular formula is C28H23ClN2O7. The van der Waals surface area contributed by atoms with Crippen molar-refractivity contribution in [2.75, 3.05) is 13.7 Å². The van der Waals surface area contributed by atoms with Gasteiger partial charge in [0.15, 0.2) is 5.78 Å². The number of ketones is 1. The molecule has 3 aromatic rings. The number of carbonyl (C=O) groups is 5. The molecule has 0 saturated carbocycles. The number of halogens is 1. The van der Waals surface area contributed by atoms with Gasteiger partial charge >= 0.3 is 5.97 Å². The van der Waals surface area contributed by atoms with E-state index in [4.69, 9.17) is 21.1 Å². The fraction of sp³-hybridized carbons (Fsp3) is 0.179. The van der Waals surface area contributed by atoms with E-state index in [1.807, 2.05) is 0 Å². The molecule has 0 aromatic heterocycles. The first-order chi connectivity index (χ1) is 18.3. The highest BCUT2D eigenvalue weighted by Crippen LogP contribution is 2.21. The van der Waals surface area contributed by atoms with E-state index in [1.165, 1.54) is 61.7 Å².